The topological polar surface area (TPSA) is 37.3 Å². The number of aromatic carboxylic acids is 1. The summed E-state index contributed by atoms with van der Waals surface area (Å²) in [5.41, 5.74) is 2.35. The van der Waals surface area contributed by atoms with Crippen molar-refractivity contribution < 1.29 is 9.90 Å². The van der Waals surface area contributed by atoms with E-state index in [0.717, 1.165) is 0 Å². The van der Waals surface area contributed by atoms with Gasteiger partial charge in [0.2, 0.25) is 0 Å². The van der Waals surface area contributed by atoms with Crippen LogP contribution in [-0.4, -0.2) is 19.1 Å². The molecule has 1 rings (SSSR count). The SMILES string of the molecule is CCCCCCCCCC(c1ccc(C(=O)O)cc1)[Si](C)(C)C. The van der Waals surface area contributed by atoms with Gasteiger partial charge in [0.15, 0.2) is 0 Å². The first kappa shape index (κ1) is 20.0. The summed E-state index contributed by atoms with van der Waals surface area (Å²) in [5, 5.41) is 9.04. The Morgan fingerprint density at radius 3 is 1.96 bits per heavy atom. The van der Waals surface area contributed by atoms with Gasteiger partial charge in [-0.2, -0.15) is 0 Å². The smallest absolute Gasteiger partial charge is 0.335 e. The summed E-state index contributed by atoms with van der Waals surface area (Å²) in [6, 6.07) is 7.59. The van der Waals surface area contributed by atoms with Crippen LogP contribution >= 0.6 is 0 Å². The molecule has 2 nitrogen and oxygen atoms in total. The molecule has 0 spiro atoms. The molecule has 0 amide bonds. The van der Waals surface area contributed by atoms with Crippen LogP contribution in [0.4, 0.5) is 0 Å². The van der Waals surface area contributed by atoms with Gasteiger partial charge in [0.05, 0.1) is 13.6 Å². The van der Waals surface area contributed by atoms with Gasteiger partial charge in [0.25, 0.3) is 0 Å². The lowest BCUT2D eigenvalue weighted by molar-refractivity contribution is 0.0697. The number of hydrogen-bond donors (Lipinski definition) is 1. The summed E-state index contributed by atoms with van der Waals surface area (Å²) >= 11 is 0. The van der Waals surface area contributed by atoms with E-state index in [1.54, 1.807) is 12.1 Å². The highest BCUT2D eigenvalue weighted by Crippen LogP contribution is 2.32. The first-order chi connectivity index (χ1) is 10.9. The van der Waals surface area contributed by atoms with Gasteiger partial charge in [-0.3, -0.25) is 0 Å². The van der Waals surface area contributed by atoms with Crippen molar-refractivity contribution in [2.45, 2.75) is 83.5 Å². The van der Waals surface area contributed by atoms with E-state index in [2.05, 4.69) is 26.6 Å². The summed E-state index contributed by atoms with van der Waals surface area (Å²) < 4.78 is 0. The Bertz CT molecular complexity index is 460. The molecule has 0 aliphatic rings. The number of carboxylic acid groups (broad SMARTS) is 1. The molecule has 0 aromatic heterocycles. The van der Waals surface area contributed by atoms with Gasteiger partial charge in [0, 0.05) is 0 Å². The summed E-state index contributed by atoms with van der Waals surface area (Å²) in [7, 11) is -1.30. The predicted molar refractivity (Wildman–Crippen MR) is 102 cm³/mol. The molecule has 0 radical (unpaired) electrons. The molecule has 0 bridgehead atoms. The standard InChI is InChI=1S/C20H34O2Si/c1-5-6-7-8-9-10-11-12-19(23(2,3)4)17-13-15-18(16-14-17)20(21)22/h13-16,19H,5-12H2,1-4H3,(H,21,22). The number of unbranched alkanes of at least 4 members (excludes halogenated alkanes) is 6. The second kappa shape index (κ2) is 9.92. The van der Waals surface area contributed by atoms with Gasteiger partial charge in [-0.15, -0.1) is 0 Å². The third-order valence-electron chi connectivity index (χ3n) is 4.70. The van der Waals surface area contributed by atoms with Crippen LogP contribution in [0.5, 0.6) is 0 Å². The van der Waals surface area contributed by atoms with Gasteiger partial charge < -0.3 is 5.11 Å². The maximum absolute atomic E-state index is 11.0. The van der Waals surface area contributed by atoms with Crippen LogP contribution < -0.4 is 0 Å². The Hall–Kier alpha value is -1.09. The monoisotopic (exact) mass is 334 g/mol. The van der Waals surface area contributed by atoms with Crippen LogP contribution in [0.25, 0.3) is 0 Å². The lowest BCUT2D eigenvalue weighted by Gasteiger charge is -2.29. The molecule has 1 unspecified atom stereocenters. The molecule has 1 atom stereocenters. The molecular weight excluding hydrogens is 300 g/mol. The molecule has 3 heteroatoms. The molecule has 0 fully saturated rings. The minimum Gasteiger partial charge on any atom is -0.478 e. The van der Waals surface area contributed by atoms with Crippen molar-refractivity contribution in [3.05, 3.63) is 35.4 Å². The summed E-state index contributed by atoms with van der Waals surface area (Å²) in [6.07, 6.45) is 10.7. The highest BCUT2D eigenvalue weighted by molar-refractivity contribution is 6.77. The zero-order valence-corrected chi connectivity index (χ0v) is 16.4. The number of benzene rings is 1. The second-order valence-corrected chi connectivity index (χ2v) is 13.2. The molecule has 0 heterocycles. The Balaban J connectivity index is 2.55. The van der Waals surface area contributed by atoms with Crippen LogP contribution in [0.15, 0.2) is 24.3 Å². The number of carbonyl (C=O) groups is 1. The number of hydrogen-bond acceptors (Lipinski definition) is 1. The van der Waals surface area contributed by atoms with Gasteiger partial charge in [-0.1, -0.05) is 83.6 Å². The Morgan fingerprint density at radius 2 is 1.48 bits per heavy atom. The highest BCUT2D eigenvalue weighted by Gasteiger charge is 2.27. The molecular formula is C20H34O2Si. The lowest BCUT2D eigenvalue weighted by atomic mass is 10.0. The third kappa shape index (κ3) is 7.34. The fourth-order valence-corrected chi connectivity index (χ4v) is 5.53. The van der Waals surface area contributed by atoms with Crippen molar-refractivity contribution in [1.29, 1.82) is 0 Å². The zero-order valence-electron chi connectivity index (χ0n) is 15.4. The van der Waals surface area contributed by atoms with Gasteiger partial charge >= 0.3 is 5.97 Å². The highest BCUT2D eigenvalue weighted by atomic mass is 28.3. The quantitative estimate of drug-likeness (QED) is 0.371. The van der Waals surface area contributed by atoms with Crippen molar-refractivity contribution >= 4 is 14.0 Å². The maximum atomic E-state index is 11.0. The molecule has 1 aromatic rings. The van der Waals surface area contributed by atoms with Crippen molar-refractivity contribution in [3.63, 3.8) is 0 Å². The Labute approximate surface area is 143 Å². The van der Waals surface area contributed by atoms with Gasteiger partial charge in [-0.25, -0.2) is 4.79 Å². The van der Waals surface area contributed by atoms with E-state index in [1.807, 2.05) is 12.1 Å². The van der Waals surface area contributed by atoms with Crippen LogP contribution in [-0.2, 0) is 0 Å². The number of carboxylic acids is 1. The normalized spacial score (nSPS) is 13.0. The molecule has 0 aliphatic heterocycles. The molecule has 130 valence electrons. The van der Waals surface area contributed by atoms with Crippen molar-refractivity contribution in [2.24, 2.45) is 0 Å². The Morgan fingerprint density at radius 1 is 0.957 bits per heavy atom. The van der Waals surface area contributed by atoms with Crippen molar-refractivity contribution in [2.75, 3.05) is 0 Å². The van der Waals surface area contributed by atoms with E-state index in [-0.39, 0.29) is 0 Å². The first-order valence-electron chi connectivity index (χ1n) is 9.19. The average molecular weight is 335 g/mol. The van der Waals surface area contributed by atoms with E-state index >= 15 is 0 Å². The molecule has 0 saturated carbocycles. The number of rotatable bonds is 11. The predicted octanol–water partition coefficient (Wildman–Crippen LogP) is 6.49. The van der Waals surface area contributed by atoms with Crippen LogP contribution in [0.1, 0.15) is 79.8 Å². The largest absolute Gasteiger partial charge is 0.478 e. The first-order valence-corrected chi connectivity index (χ1v) is 12.8. The van der Waals surface area contributed by atoms with Crippen LogP contribution in [0.2, 0.25) is 19.6 Å². The molecule has 1 N–H and O–H groups in total. The Kier molecular flexibility index (Phi) is 8.60. The summed E-state index contributed by atoms with van der Waals surface area (Å²) in [4.78, 5) is 11.0. The fourth-order valence-electron chi connectivity index (χ4n) is 3.26. The fraction of sp³-hybridized carbons (Fsp3) is 0.650. The van der Waals surface area contributed by atoms with E-state index in [0.29, 0.717) is 11.1 Å². The molecule has 0 aliphatic carbocycles. The molecule has 1 aromatic carbocycles. The van der Waals surface area contributed by atoms with Crippen molar-refractivity contribution in [1.82, 2.24) is 0 Å². The third-order valence-corrected chi connectivity index (χ3v) is 7.41. The van der Waals surface area contributed by atoms with E-state index in [9.17, 15) is 4.79 Å². The van der Waals surface area contributed by atoms with Gasteiger partial charge in [0.1, 0.15) is 0 Å². The minimum absolute atomic E-state index is 0.388. The summed E-state index contributed by atoms with van der Waals surface area (Å²) in [5.74, 6) is -0.840. The molecule has 23 heavy (non-hydrogen) atoms. The summed E-state index contributed by atoms with van der Waals surface area (Å²) in [6.45, 7) is 9.52. The maximum Gasteiger partial charge on any atom is 0.335 e. The van der Waals surface area contributed by atoms with Crippen molar-refractivity contribution in [3.8, 4) is 0 Å². The molecule has 0 saturated heterocycles. The minimum atomic E-state index is -1.30. The van der Waals surface area contributed by atoms with E-state index in [1.165, 1.54) is 56.9 Å². The van der Waals surface area contributed by atoms with Gasteiger partial charge in [-0.05, 0) is 29.7 Å². The zero-order chi connectivity index (χ0) is 17.3. The van der Waals surface area contributed by atoms with Crippen LogP contribution in [0, 0.1) is 0 Å². The lowest BCUT2D eigenvalue weighted by Crippen LogP contribution is -2.31. The second-order valence-electron chi connectivity index (χ2n) is 7.76. The van der Waals surface area contributed by atoms with E-state index < -0.39 is 14.0 Å². The van der Waals surface area contributed by atoms with Crippen LogP contribution in [0.3, 0.4) is 0 Å². The average Bonchev–Trinajstić information content (AvgIpc) is 2.49. The van der Waals surface area contributed by atoms with E-state index in [4.69, 9.17) is 5.11 Å².